The van der Waals surface area contributed by atoms with E-state index in [1.165, 1.54) is 9.80 Å². The van der Waals surface area contributed by atoms with Gasteiger partial charge in [0.15, 0.2) is 6.10 Å². The molecule has 2 atom stereocenters. The number of methoxy groups -OCH3 is 1. The number of likely N-dealkylation sites (N-methyl/N-ethyl adjacent to an activating group) is 1. The molecular formula is C19H18N2O4. The number of carbonyl (C=O) groups is 2. The molecule has 1 saturated heterocycles. The number of β-lactam (4-membered cyclic amide) rings is 1. The second-order valence-electron chi connectivity index (χ2n) is 6.30. The summed E-state index contributed by atoms with van der Waals surface area (Å²) in [7, 11) is 3.23. The van der Waals surface area contributed by atoms with Gasteiger partial charge in [-0.05, 0) is 11.6 Å². The number of rotatable bonds is 2. The lowest BCUT2D eigenvalue weighted by Gasteiger charge is -2.55. The maximum Gasteiger partial charge on any atom is 0.256 e. The van der Waals surface area contributed by atoms with Crippen LogP contribution >= 0.6 is 0 Å². The van der Waals surface area contributed by atoms with E-state index in [2.05, 4.69) is 0 Å². The van der Waals surface area contributed by atoms with Gasteiger partial charge in [-0.3, -0.25) is 9.59 Å². The number of amides is 2. The van der Waals surface area contributed by atoms with Crippen molar-refractivity contribution < 1.29 is 19.4 Å². The SMILES string of the molecule is COc1ccc2c(c1)N(C)C(=O)CN1C(=O)C(O)C21c1ccccc1. The van der Waals surface area contributed by atoms with Gasteiger partial charge >= 0.3 is 0 Å². The van der Waals surface area contributed by atoms with E-state index in [1.807, 2.05) is 36.4 Å². The number of hydrogen-bond donors (Lipinski definition) is 1. The van der Waals surface area contributed by atoms with Gasteiger partial charge in [0.1, 0.15) is 17.8 Å². The van der Waals surface area contributed by atoms with Gasteiger partial charge in [-0.15, -0.1) is 0 Å². The third-order valence-corrected chi connectivity index (χ3v) is 5.18. The molecule has 6 nitrogen and oxygen atoms in total. The lowest BCUT2D eigenvalue weighted by atomic mass is 9.69. The van der Waals surface area contributed by atoms with E-state index < -0.39 is 17.6 Å². The van der Waals surface area contributed by atoms with Crippen LogP contribution in [0.1, 0.15) is 11.1 Å². The van der Waals surface area contributed by atoms with Crippen molar-refractivity contribution in [2.24, 2.45) is 0 Å². The van der Waals surface area contributed by atoms with Crippen molar-refractivity contribution in [2.75, 3.05) is 25.6 Å². The van der Waals surface area contributed by atoms with Gasteiger partial charge in [0.05, 0.1) is 12.8 Å². The minimum absolute atomic E-state index is 0.0850. The predicted molar refractivity (Wildman–Crippen MR) is 91.3 cm³/mol. The number of ether oxygens (including phenoxy) is 1. The first kappa shape index (κ1) is 15.7. The Morgan fingerprint density at radius 1 is 1.16 bits per heavy atom. The van der Waals surface area contributed by atoms with Crippen LogP contribution in [0.4, 0.5) is 5.69 Å². The number of nitrogens with zero attached hydrogens (tertiary/aromatic N) is 2. The number of carbonyl (C=O) groups excluding carboxylic acids is 2. The van der Waals surface area contributed by atoms with E-state index in [1.54, 1.807) is 26.3 Å². The smallest absolute Gasteiger partial charge is 0.256 e. The molecule has 2 aliphatic heterocycles. The number of anilines is 1. The minimum Gasteiger partial charge on any atom is -0.497 e. The summed E-state index contributed by atoms with van der Waals surface area (Å²) < 4.78 is 5.29. The average Bonchev–Trinajstić information content (AvgIpc) is 2.74. The fourth-order valence-corrected chi connectivity index (χ4v) is 3.85. The van der Waals surface area contributed by atoms with Gasteiger partial charge in [-0.1, -0.05) is 36.4 Å². The lowest BCUT2D eigenvalue weighted by Crippen LogP contribution is -2.72. The maximum atomic E-state index is 12.6. The summed E-state index contributed by atoms with van der Waals surface area (Å²) in [5.41, 5.74) is 1.04. The van der Waals surface area contributed by atoms with Crippen molar-refractivity contribution in [1.82, 2.24) is 4.90 Å². The van der Waals surface area contributed by atoms with E-state index in [9.17, 15) is 14.7 Å². The molecule has 128 valence electrons. The zero-order valence-corrected chi connectivity index (χ0v) is 14.0. The Morgan fingerprint density at radius 2 is 1.88 bits per heavy atom. The van der Waals surface area contributed by atoms with Crippen LogP contribution in [0.15, 0.2) is 48.5 Å². The highest BCUT2D eigenvalue weighted by Gasteiger charge is 2.64. The van der Waals surface area contributed by atoms with Crippen molar-refractivity contribution in [3.05, 3.63) is 59.7 Å². The van der Waals surface area contributed by atoms with E-state index >= 15 is 0 Å². The zero-order valence-electron chi connectivity index (χ0n) is 14.0. The van der Waals surface area contributed by atoms with Crippen LogP contribution in [0.5, 0.6) is 5.75 Å². The van der Waals surface area contributed by atoms with Crippen molar-refractivity contribution in [1.29, 1.82) is 0 Å². The van der Waals surface area contributed by atoms with Gasteiger partial charge in [-0.25, -0.2) is 0 Å². The molecule has 0 aliphatic carbocycles. The number of hydrogen-bond acceptors (Lipinski definition) is 4. The second-order valence-corrected chi connectivity index (χ2v) is 6.30. The van der Waals surface area contributed by atoms with E-state index in [4.69, 9.17) is 4.74 Å². The summed E-state index contributed by atoms with van der Waals surface area (Å²) in [6.45, 7) is -0.0850. The monoisotopic (exact) mass is 338 g/mol. The summed E-state index contributed by atoms with van der Waals surface area (Å²) in [5.74, 6) is -0.0444. The largest absolute Gasteiger partial charge is 0.497 e. The van der Waals surface area contributed by atoms with Crippen molar-refractivity contribution >= 4 is 17.5 Å². The predicted octanol–water partition coefficient (Wildman–Crippen LogP) is 1.12. The molecule has 0 bridgehead atoms. The number of aliphatic hydroxyl groups excluding tert-OH is 1. The van der Waals surface area contributed by atoms with E-state index in [0.717, 1.165) is 5.56 Å². The third kappa shape index (κ3) is 1.88. The molecule has 2 amide bonds. The summed E-state index contributed by atoms with van der Waals surface area (Å²) >= 11 is 0. The molecule has 2 heterocycles. The first-order chi connectivity index (χ1) is 12.0. The number of fused-ring (bicyclic) bond motifs is 3. The standard InChI is InChI=1S/C19H18N2O4/c1-20-15-10-13(25-2)8-9-14(15)19(12-6-4-3-5-7-12)17(23)18(24)21(19)11-16(20)22/h3-10,17,23H,11H2,1-2H3. The quantitative estimate of drug-likeness (QED) is 0.833. The summed E-state index contributed by atoms with van der Waals surface area (Å²) in [6.07, 6.45) is -1.23. The van der Waals surface area contributed by atoms with Crippen LogP contribution < -0.4 is 9.64 Å². The molecule has 4 rings (SSSR count). The van der Waals surface area contributed by atoms with Gasteiger partial charge in [0.2, 0.25) is 5.91 Å². The summed E-state index contributed by atoms with van der Waals surface area (Å²) in [6, 6.07) is 14.7. The van der Waals surface area contributed by atoms with Gasteiger partial charge in [0.25, 0.3) is 5.91 Å². The Labute approximate surface area is 145 Å². The molecule has 1 N–H and O–H groups in total. The fourth-order valence-electron chi connectivity index (χ4n) is 3.85. The second kappa shape index (κ2) is 5.32. The third-order valence-electron chi connectivity index (χ3n) is 5.18. The van der Waals surface area contributed by atoms with Crippen LogP contribution in [0.3, 0.4) is 0 Å². The van der Waals surface area contributed by atoms with Gasteiger partial charge in [0, 0.05) is 18.7 Å². The first-order valence-electron chi connectivity index (χ1n) is 8.02. The fraction of sp³-hybridized carbons (Fsp3) is 0.263. The van der Waals surface area contributed by atoms with Gasteiger partial charge in [-0.2, -0.15) is 0 Å². The summed E-state index contributed by atoms with van der Waals surface area (Å²) in [4.78, 5) is 28.0. The molecule has 2 aromatic carbocycles. The minimum atomic E-state index is -1.23. The molecule has 0 aromatic heterocycles. The van der Waals surface area contributed by atoms with Gasteiger partial charge < -0.3 is 19.6 Å². The Kier molecular flexibility index (Phi) is 3.33. The highest BCUT2D eigenvalue weighted by molar-refractivity contribution is 6.04. The molecule has 0 saturated carbocycles. The molecule has 0 radical (unpaired) electrons. The maximum absolute atomic E-state index is 12.6. The van der Waals surface area contributed by atoms with Crippen LogP contribution in [0.25, 0.3) is 0 Å². The Morgan fingerprint density at radius 3 is 2.56 bits per heavy atom. The highest BCUT2D eigenvalue weighted by atomic mass is 16.5. The summed E-state index contributed by atoms with van der Waals surface area (Å²) in [5, 5.41) is 10.7. The molecule has 2 aromatic rings. The number of benzene rings is 2. The van der Waals surface area contributed by atoms with Crippen LogP contribution in [-0.2, 0) is 15.1 Å². The Balaban J connectivity index is 2.04. The van der Waals surface area contributed by atoms with Crippen LogP contribution in [-0.4, -0.2) is 48.6 Å². The normalized spacial score (nSPS) is 25.0. The van der Waals surface area contributed by atoms with E-state index in [-0.39, 0.29) is 12.5 Å². The van der Waals surface area contributed by atoms with E-state index in [0.29, 0.717) is 17.0 Å². The lowest BCUT2D eigenvalue weighted by molar-refractivity contribution is -0.181. The highest BCUT2D eigenvalue weighted by Crippen LogP contribution is 2.52. The molecule has 2 unspecified atom stereocenters. The van der Waals surface area contributed by atoms with Crippen LogP contribution in [0.2, 0.25) is 0 Å². The van der Waals surface area contributed by atoms with Crippen molar-refractivity contribution in [3.8, 4) is 5.75 Å². The molecule has 6 heteroatoms. The average molecular weight is 338 g/mol. The first-order valence-corrected chi connectivity index (χ1v) is 8.02. The Hall–Kier alpha value is -2.86. The number of aliphatic hydroxyl groups is 1. The zero-order chi connectivity index (χ0) is 17.8. The molecular weight excluding hydrogens is 320 g/mol. The topological polar surface area (TPSA) is 70.1 Å². The van der Waals surface area contributed by atoms with Crippen molar-refractivity contribution in [3.63, 3.8) is 0 Å². The molecule has 0 spiro atoms. The molecule has 2 aliphatic rings. The Bertz CT molecular complexity index is 867. The van der Waals surface area contributed by atoms with Crippen LogP contribution in [0, 0.1) is 0 Å². The van der Waals surface area contributed by atoms with Crippen molar-refractivity contribution in [2.45, 2.75) is 11.6 Å². The molecule has 1 fully saturated rings. The molecule has 25 heavy (non-hydrogen) atoms.